The fourth-order valence-corrected chi connectivity index (χ4v) is 2.18. The summed E-state index contributed by atoms with van der Waals surface area (Å²) in [7, 11) is 0. The first kappa shape index (κ1) is 11.9. The van der Waals surface area contributed by atoms with E-state index in [1.807, 2.05) is 37.4 Å². The van der Waals surface area contributed by atoms with Crippen LogP contribution in [0.25, 0.3) is 5.52 Å². The van der Waals surface area contributed by atoms with E-state index in [-0.39, 0.29) is 5.78 Å². The molecule has 0 spiro atoms. The summed E-state index contributed by atoms with van der Waals surface area (Å²) < 4.78 is 1.68. The molecule has 0 saturated carbocycles. The molecule has 0 bridgehead atoms. The third-order valence-corrected chi connectivity index (χ3v) is 3.51. The molecule has 1 aromatic carbocycles. The molecule has 0 unspecified atom stereocenters. The molecular weight excluding hydrogens is 260 g/mol. The van der Waals surface area contributed by atoms with Gasteiger partial charge in [0.25, 0.3) is 0 Å². The van der Waals surface area contributed by atoms with Crippen LogP contribution >= 0.6 is 11.6 Å². The highest BCUT2D eigenvalue weighted by Crippen LogP contribution is 2.20. The monoisotopic (exact) mass is 270 g/mol. The van der Waals surface area contributed by atoms with Crippen LogP contribution in [0.2, 0.25) is 5.02 Å². The van der Waals surface area contributed by atoms with Crippen molar-refractivity contribution in [1.82, 2.24) is 9.61 Å². The van der Waals surface area contributed by atoms with Crippen molar-refractivity contribution < 1.29 is 4.79 Å². The van der Waals surface area contributed by atoms with Crippen LogP contribution in [0.4, 0.5) is 0 Å². The Morgan fingerprint density at radius 3 is 2.89 bits per heavy atom. The van der Waals surface area contributed by atoms with E-state index >= 15 is 0 Å². The van der Waals surface area contributed by atoms with E-state index in [4.69, 9.17) is 11.6 Å². The predicted molar refractivity (Wildman–Crippen MR) is 74.8 cm³/mol. The van der Waals surface area contributed by atoms with E-state index in [0.29, 0.717) is 16.1 Å². The number of hydrogen-bond acceptors (Lipinski definition) is 2. The minimum absolute atomic E-state index is 0.0666. The fourth-order valence-electron chi connectivity index (χ4n) is 2.00. The second-order valence-electron chi connectivity index (χ2n) is 4.38. The Morgan fingerprint density at radius 1 is 1.26 bits per heavy atom. The average molecular weight is 271 g/mol. The lowest BCUT2D eigenvalue weighted by atomic mass is 10.0. The maximum atomic E-state index is 12.5. The van der Waals surface area contributed by atoms with Crippen LogP contribution in [-0.2, 0) is 0 Å². The second kappa shape index (κ2) is 4.52. The maximum Gasteiger partial charge on any atom is 0.196 e. The Labute approximate surface area is 115 Å². The number of aryl methyl sites for hydroxylation is 1. The molecule has 0 N–H and O–H groups in total. The number of halogens is 1. The summed E-state index contributed by atoms with van der Waals surface area (Å²) in [5, 5.41) is 4.77. The number of nitrogens with zero attached hydrogens (tertiary/aromatic N) is 2. The van der Waals surface area contributed by atoms with Crippen LogP contribution in [0.3, 0.4) is 0 Å². The molecule has 0 fully saturated rings. The molecule has 4 heteroatoms. The van der Waals surface area contributed by atoms with Crippen molar-refractivity contribution in [3.05, 3.63) is 70.5 Å². The van der Waals surface area contributed by atoms with Crippen molar-refractivity contribution in [3.8, 4) is 0 Å². The molecule has 0 aliphatic heterocycles. The smallest absolute Gasteiger partial charge is 0.196 e. The van der Waals surface area contributed by atoms with Gasteiger partial charge in [-0.2, -0.15) is 5.10 Å². The molecule has 3 aromatic rings. The Hall–Kier alpha value is -2.13. The number of rotatable bonds is 2. The molecule has 0 amide bonds. The van der Waals surface area contributed by atoms with Crippen LogP contribution < -0.4 is 0 Å². The summed E-state index contributed by atoms with van der Waals surface area (Å²) in [4.78, 5) is 12.5. The molecule has 19 heavy (non-hydrogen) atoms. The number of aromatic nitrogens is 2. The van der Waals surface area contributed by atoms with Crippen molar-refractivity contribution in [1.29, 1.82) is 0 Å². The average Bonchev–Trinajstić information content (AvgIpc) is 2.85. The molecule has 0 radical (unpaired) electrons. The summed E-state index contributed by atoms with van der Waals surface area (Å²) in [6, 6.07) is 11.0. The summed E-state index contributed by atoms with van der Waals surface area (Å²) in [6.45, 7) is 1.91. The van der Waals surface area contributed by atoms with Gasteiger partial charge in [0.15, 0.2) is 5.78 Å². The minimum atomic E-state index is -0.0666. The van der Waals surface area contributed by atoms with Crippen LogP contribution in [-0.4, -0.2) is 15.4 Å². The number of carbonyl (C=O) groups is 1. The molecule has 0 aliphatic carbocycles. The third-order valence-electron chi connectivity index (χ3n) is 3.11. The number of benzene rings is 1. The number of pyridine rings is 1. The molecule has 3 nitrogen and oxygen atoms in total. The lowest BCUT2D eigenvalue weighted by molar-refractivity contribution is 0.104. The van der Waals surface area contributed by atoms with Crippen molar-refractivity contribution in [3.63, 3.8) is 0 Å². The Bertz CT molecular complexity index is 777. The van der Waals surface area contributed by atoms with Crippen LogP contribution in [0.1, 0.15) is 21.5 Å². The zero-order chi connectivity index (χ0) is 13.4. The number of fused-ring (bicyclic) bond motifs is 1. The van der Waals surface area contributed by atoms with Gasteiger partial charge in [0.05, 0.1) is 17.3 Å². The minimum Gasteiger partial charge on any atom is -0.288 e. The van der Waals surface area contributed by atoms with Crippen molar-refractivity contribution in [2.45, 2.75) is 6.92 Å². The molecular formula is C15H11ClN2O. The number of carbonyl (C=O) groups excluding carboxylic acids is 1. The van der Waals surface area contributed by atoms with Gasteiger partial charge >= 0.3 is 0 Å². The molecule has 3 rings (SSSR count). The normalized spacial score (nSPS) is 10.8. The quantitative estimate of drug-likeness (QED) is 0.668. The van der Waals surface area contributed by atoms with Crippen LogP contribution in [0.15, 0.2) is 48.8 Å². The second-order valence-corrected chi connectivity index (χ2v) is 4.79. The van der Waals surface area contributed by atoms with E-state index < -0.39 is 0 Å². The number of ketones is 1. The molecule has 2 heterocycles. The highest BCUT2D eigenvalue weighted by Gasteiger charge is 2.15. The summed E-state index contributed by atoms with van der Waals surface area (Å²) in [6.07, 6.45) is 3.40. The van der Waals surface area contributed by atoms with Gasteiger partial charge in [-0.3, -0.25) is 4.79 Å². The summed E-state index contributed by atoms with van der Waals surface area (Å²) in [5.74, 6) is -0.0666. The molecule has 0 atom stereocenters. The first-order valence-corrected chi connectivity index (χ1v) is 6.28. The van der Waals surface area contributed by atoms with Gasteiger partial charge in [0.1, 0.15) is 0 Å². The van der Waals surface area contributed by atoms with Gasteiger partial charge in [0.2, 0.25) is 0 Å². The molecule has 94 valence electrons. The first-order valence-electron chi connectivity index (χ1n) is 5.90. The van der Waals surface area contributed by atoms with Gasteiger partial charge in [-0.15, -0.1) is 0 Å². The zero-order valence-electron chi connectivity index (χ0n) is 10.3. The summed E-state index contributed by atoms with van der Waals surface area (Å²) in [5.41, 5.74) is 2.91. The number of hydrogen-bond donors (Lipinski definition) is 0. The van der Waals surface area contributed by atoms with Gasteiger partial charge in [-0.05, 0) is 30.7 Å². The molecule has 2 aromatic heterocycles. The summed E-state index contributed by atoms with van der Waals surface area (Å²) >= 11 is 6.06. The maximum absolute atomic E-state index is 12.5. The highest BCUT2D eigenvalue weighted by molar-refractivity contribution is 6.32. The SMILES string of the molecule is Cc1ccc(C(=O)c2cnn3ccccc23)cc1Cl. The van der Waals surface area contributed by atoms with Crippen molar-refractivity contribution in [2.24, 2.45) is 0 Å². The van der Waals surface area contributed by atoms with E-state index in [9.17, 15) is 4.79 Å². The Kier molecular flexibility index (Phi) is 2.84. The van der Waals surface area contributed by atoms with Crippen LogP contribution in [0, 0.1) is 6.92 Å². The van der Waals surface area contributed by atoms with Gasteiger partial charge in [-0.1, -0.05) is 29.8 Å². The Morgan fingerprint density at radius 2 is 2.11 bits per heavy atom. The van der Waals surface area contributed by atoms with Crippen molar-refractivity contribution in [2.75, 3.05) is 0 Å². The molecule has 0 saturated heterocycles. The molecule has 0 aliphatic rings. The zero-order valence-corrected chi connectivity index (χ0v) is 11.1. The van der Waals surface area contributed by atoms with Gasteiger partial charge in [-0.25, -0.2) is 4.52 Å². The topological polar surface area (TPSA) is 34.4 Å². The van der Waals surface area contributed by atoms with Crippen molar-refractivity contribution >= 4 is 22.9 Å². The lowest BCUT2D eigenvalue weighted by Gasteiger charge is -2.02. The lowest BCUT2D eigenvalue weighted by Crippen LogP contribution is -2.01. The van der Waals surface area contributed by atoms with Crippen LogP contribution in [0.5, 0.6) is 0 Å². The van der Waals surface area contributed by atoms with E-state index in [1.54, 1.807) is 22.8 Å². The first-order chi connectivity index (χ1) is 9.16. The Balaban J connectivity index is 2.11. The van der Waals surface area contributed by atoms with Gasteiger partial charge < -0.3 is 0 Å². The predicted octanol–water partition coefficient (Wildman–Crippen LogP) is 3.53. The third kappa shape index (κ3) is 2.02. The van der Waals surface area contributed by atoms with E-state index in [0.717, 1.165) is 11.1 Å². The van der Waals surface area contributed by atoms with Gasteiger partial charge in [0, 0.05) is 16.8 Å². The largest absolute Gasteiger partial charge is 0.288 e. The highest BCUT2D eigenvalue weighted by atomic mass is 35.5. The standard InChI is InChI=1S/C15H11ClN2O/c1-10-5-6-11(8-13(10)16)15(19)12-9-17-18-7-3-2-4-14(12)18/h2-9H,1H3. The van der Waals surface area contributed by atoms with E-state index in [2.05, 4.69) is 5.10 Å². The fraction of sp³-hybridized carbons (Fsp3) is 0.0667. The van der Waals surface area contributed by atoms with E-state index in [1.165, 1.54) is 0 Å².